The summed E-state index contributed by atoms with van der Waals surface area (Å²) in [4.78, 5) is 30.6. The molecular weight excluding hydrogens is 1290 g/mol. The molecule has 1 aliphatic heterocycles. The molecule has 2 aromatic heterocycles. The van der Waals surface area contributed by atoms with Crippen molar-refractivity contribution in [1.29, 1.82) is 0 Å². The van der Waals surface area contributed by atoms with Gasteiger partial charge in [0.05, 0.1) is 19.4 Å². The first-order valence-corrected chi connectivity index (χ1v) is 41.3. The molecule has 1 unspecified atom stereocenters. The fourth-order valence-corrected chi connectivity index (χ4v) is 11.4. The van der Waals surface area contributed by atoms with E-state index in [0.29, 0.717) is 86.8 Å². The van der Waals surface area contributed by atoms with Crippen LogP contribution in [0.5, 0.6) is 0 Å². The molecule has 3 heterocycles. The summed E-state index contributed by atoms with van der Waals surface area (Å²) in [5.41, 5.74) is 3.61. The molecule has 0 aliphatic carbocycles. The number of fused-ring (bicyclic) bond motifs is 2. The number of benzene rings is 2. The maximum atomic E-state index is 10.9. The molecule has 1 aliphatic rings. The topological polar surface area (TPSA) is 147 Å². The Morgan fingerprint density at radius 3 is 1.44 bits per heavy atom. The summed E-state index contributed by atoms with van der Waals surface area (Å²) in [6.07, 6.45) is 9.01. The quantitative estimate of drug-likeness (QED) is 0.0171. The molecule has 5 rings (SSSR count). The maximum Gasteiger partial charge on any atom is 0.259 e. The number of aromatic nitrogens is 2. The van der Waals surface area contributed by atoms with Crippen molar-refractivity contribution in [2.75, 3.05) is 51.0 Å². The Morgan fingerprint density at radius 2 is 1.10 bits per heavy atom. The molecule has 0 saturated carbocycles. The molecule has 0 fully saturated rings. The van der Waals surface area contributed by atoms with Gasteiger partial charge in [-0.3, -0.25) is 9.59 Å². The normalized spacial score (nSPS) is 12.6. The molecule has 0 spiro atoms. The summed E-state index contributed by atoms with van der Waals surface area (Å²) >= 11 is 4.65. The molecule has 21 heteroatoms. The van der Waals surface area contributed by atoms with Crippen LogP contribution in [0.25, 0.3) is 31.5 Å². The number of hydrogen-bond donors (Lipinski definition) is 1. The summed E-state index contributed by atoms with van der Waals surface area (Å²) in [7, 11) is -2.02. The van der Waals surface area contributed by atoms with E-state index in [2.05, 4.69) is 174 Å². The monoisotopic (exact) mass is 1370 g/mol. The zero-order valence-corrected chi connectivity index (χ0v) is 53.0. The number of rotatable bonds is 25. The van der Waals surface area contributed by atoms with Crippen molar-refractivity contribution >= 4 is 107 Å². The van der Waals surface area contributed by atoms with E-state index < -0.39 is 17.0 Å². The SMILES string of the molecule is C1=NN=NC1.CI(I)I.O=Cc1ccc2c(ccn2CCCO)c1.[C-]#[N+]CCOP(N(C(C)C)C(C)C)N(C(C)C)C(C)C.[C-]#[N+]CCOP(OCCCn1ccc2cc(C=O)ccc21)N(C(C)C)C(C)C. The van der Waals surface area contributed by atoms with E-state index in [4.69, 9.17) is 31.8 Å². The van der Waals surface area contributed by atoms with E-state index in [1.807, 2.05) is 60.9 Å². The Bertz CT molecular complexity index is 2210. The number of carbonyl (C=O) groups is 2. The zero-order valence-electron chi connectivity index (χ0n) is 44.7. The second-order valence-electron chi connectivity index (χ2n) is 17.8. The van der Waals surface area contributed by atoms with Crippen LogP contribution in [-0.4, -0.2) is 134 Å². The van der Waals surface area contributed by atoms with Crippen molar-refractivity contribution in [1.82, 2.24) is 23.1 Å². The van der Waals surface area contributed by atoms with Crippen LogP contribution >= 0.6 is 66.1 Å². The van der Waals surface area contributed by atoms with Crippen molar-refractivity contribution in [3.8, 4) is 0 Å². The molecule has 1 atom stereocenters. The van der Waals surface area contributed by atoms with Crippen LogP contribution in [-0.2, 0) is 26.7 Å². The third kappa shape index (κ3) is 26.1. The smallest absolute Gasteiger partial charge is 0.259 e. The predicted molar refractivity (Wildman–Crippen MR) is 328 cm³/mol. The number of alkyl halides is 1. The maximum absolute atomic E-state index is 10.9. The Kier molecular flexibility index (Phi) is 37.0. The van der Waals surface area contributed by atoms with Gasteiger partial charge in [-0.15, -0.1) is 5.10 Å². The third-order valence-electron chi connectivity index (χ3n) is 10.1. The van der Waals surface area contributed by atoms with Crippen LogP contribution in [0.15, 0.2) is 76.4 Å². The van der Waals surface area contributed by atoms with Crippen molar-refractivity contribution in [3.05, 3.63) is 94.9 Å². The molecule has 0 radical (unpaired) electrons. The first-order chi connectivity index (χ1) is 34.3. The predicted octanol–water partition coefficient (Wildman–Crippen LogP) is 14.6. The van der Waals surface area contributed by atoms with Gasteiger partial charge in [0.2, 0.25) is 13.1 Å². The minimum atomic E-state index is -1.18. The molecule has 402 valence electrons. The largest absolute Gasteiger partial charge is 0.396 e. The fourth-order valence-electron chi connectivity index (χ4n) is 7.49. The average Bonchev–Trinajstić information content (AvgIpc) is 4.12. The summed E-state index contributed by atoms with van der Waals surface area (Å²) < 4.78 is 29.6. The van der Waals surface area contributed by atoms with Gasteiger partial charge in [-0.2, -0.15) is 5.11 Å². The van der Waals surface area contributed by atoms with Crippen LogP contribution in [0.1, 0.15) is 117 Å². The van der Waals surface area contributed by atoms with Gasteiger partial charge >= 0.3 is 54.0 Å². The first-order valence-electron chi connectivity index (χ1n) is 24.3. The van der Waals surface area contributed by atoms with Gasteiger partial charge in [-0.25, -0.2) is 27.2 Å². The van der Waals surface area contributed by atoms with Gasteiger partial charge in [-0.1, -0.05) is 0 Å². The molecule has 1 N–H and O–H groups in total. The van der Waals surface area contributed by atoms with E-state index in [9.17, 15) is 9.59 Å². The summed E-state index contributed by atoms with van der Waals surface area (Å²) in [5, 5.41) is 21.1. The van der Waals surface area contributed by atoms with Crippen molar-refractivity contribution < 1.29 is 28.3 Å². The molecule has 0 amide bonds. The van der Waals surface area contributed by atoms with Crippen molar-refractivity contribution in [3.63, 3.8) is 0 Å². The van der Waals surface area contributed by atoms with E-state index >= 15 is 0 Å². The average molecular weight is 1370 g/mol. The number of halogens is 3. The Morgan fingerprint density at radius 1 is 0.681 bits per heavy atom. The van der Waals surface area contributed by atoms with Gasteiger partial charge < -0.3 is 37.5 Å². The van der Waals surface area contributed by atoms with Crippen molar-refractivity contribution in [2.24, 2.45) is 15.4 Å². The van der Waals surface area contributed by atoms with E-state index in [1.165, 1.54) is 0 Å². The van der Waals surface area contributed by atoms with Gasteiger partial charge in [0.25, 0.3) is 8.53 Å². The second kappa shape index (κ2) is 39.3. The van der Waals surface area contributed by atoms with E-state index in [1.54, 1.807) is 6.21 Å². The van der Waals surface area contributed by atoms with Gasteiger partial charge in [0, 0.05) is 101 Å². The van der Waals surface area contributed by atoms with Crippen LogP contribution in [0.2, 0.25) is 0 Å². The van der Waals surface area contributed by atoms with Crippen molar-refractivity contribution in [2.45, 2.75) is 145 Å². The fraction of sp³-hybridized carbons (Fsp3) is 0.588. The number of nitrogens with zero attached hydrogens (tertiary/aromatic N) is 10. The van der Waals surface area contributed by atoms with E-state index in [-0.39, 0.29) is 18.5 Å². The Labute approximate surface area is 460 Å². The van der Waals surface area contributed by atoms with E-state index in [0.717, 1.165) is 60.3 Å². The zero-order chi connectivity index (χ0) is 54.2. The molecule has 4 aromatic rings. The molecule has 0 bridgehead atoms. The minimum Gasteiger partial charge on any atom is -0.396 e. The van der Waals surface area contributed by atoms with Gasteiger partial charge in [-0.05, 0) is 150 Å². The van der Waals surface area contributed by atoms with Gasteiger partial charge in [0.15, 0.2) is 8.45 Å². The third-order valence-corrected chi connectivity index (χ3v) is 15.3. The first kappa shape index (κ1) is 67.9. The minimum absolute atomic E-state index is 0.200. The number of aliphatic hydroxyl groups excluding tert-OH is 1. The van der Waals surface area contributed by atoms with Crippen LogP contribution < -0.4 is 0 Å². The van der Waals surface area contributed by atoms with Crippen LogP contribution in [0.4, 0.5) is 0 Å². The Hall–Kier alpha value is -2.12. The second-order valence-corrected chi connectivity index (χ2v) is 49.8. The van der Waals surface area contributed by atoms with Crippen LogP contribution in [0.3, 0.4) is 0 Å². The molecule has 72 heavy (non-hydrogen) atoms. The Balaban J connectivity index is 0.000000513. The number of hydrogen-bond acceptors (Lipinski definition) is 12. The number of aldehydes is 2. The summed E-state index contributed by atoms with van der Waals surface area (Å²) in [5.74, 6) is 0. The number of aryl methyl sites for hydroxylation is 2. The van der Waals surface area contributed by atoms with Gasteiger partial charge in [0.1, 0.15) is 25.8 Å². The molecule has 2 aromatic carbocycles. The number of aliphatic hydroxyl groups is 1. The summed E-state index contributed by atoms with van der Waals surface area (Å²) in [6, 6.07) is 17.7. The summed E-state index contributed by atoms with van der Waals surface area (Å²) in [6.45, 7) is 44.9. The standard InChI is InChI=1S/C21H30N3O3P.C15H32N3OP.C12H13NO2.C2H3N3.CH3I3/c1-17(2)24(18(3)4)28(27-14-10-22-5)26-13-6-11-23-12-9-20-15-19(16-25)7-8-21(20)23;1-12(2)17(13(3)4)20(19-11-10-16-9)18(14(5)6)15(7)8;14-7-1-5-13-6-4-11-8-10(9-15)2-3-12(11)13;1-2-4-5-3-1;1-4(2)3/h7-9,12,15-18H,6,10-11,13-14H2,1-4H3;12-15H,10-11H2,1-8H3;2-4,6,8-9,14H,1,5,7H2;1H,2H2;1H3. The van der Waals surface area contributed by atoms with Crippen LogP contribution in [0, 0.1) is 13.1 Å². The molecule has 16 nitrogen and oxygen atoms in total. The molecule has 0 saturated heterocycles. The molecular formula is C51H81I3N10O6P2. The number of carbonyl (C=O) groups excluding carboxylic acids is 2.